The lowest BCUT2D eigenvalue weighted by atomic mass is 10.5. The van der Waals surface area contributed by atoms with E-state index in [1.54, 1.807) is 0 Å². The molecule has 3 nitrogen and oxygen atoms in total. The molecule has 0 radical (unpaired) electrons. The van der Waals surface area contributed by atoms with Crippen molar-refractivity contribution in [2.75, 3.05) is 0 Å². The molecule has 1 aromatic rings. The molecule has 0 aliphatic rings. The largest absolute Gasteiger partial charge is 0.268 e. The van der Waals surface area contributed by atoms with E-state index in [2.05, 4.69) is 5.10 Å². The van der Waals surface area contributed by atoms with Gasteiger partial charge < -0.3 is 0 Å². The fourth-order valence-corrected chi connectivity index (χ4v) is 1.07. The number of halogens is 3. The molecule has 0 spiro atoms. The van der Waals surface area contributed by atoms with E-state index in [0.717, 1.165) is 4.68 Å². The topological polar surface area (TPSA) is 34.9 Å². The minimum absolute atomic E-state index is 0.498. The van der Waals surface area contributed by atoms with Gasteiger partial charge in [-0.25, -0.2) is 13.5 Å². The Kier molecular flexibility index (Phi) is 3.12. The van der Waals surface area contributed by atoms with Gasteiger partial charge in [0.15, 0.2) is 0 Å². The van der Waals surface area contributed by atoms with E-state index < -0.39 is 18.5 Å². The molecule has 0 atom stereocenters. The van der Waals surface area contributed by atoms with Gasteiger partial charge >= 0.3 is 0 Å². The highest BCUT2D eigenvalue weighted by Gasteiger charge is 2.05. The van der Waals surface area contributed by atoms with Gasteiger partial charge in [0.05, 0.1) is 6.20 Å². The fraction of sp³-hybridized carbons (Fsp3) is 0.333. The Morgan fingerprint density at radius 1 is 1.67 bits per heavy atom. The third-order valence-corrected chi connectivity index (χ3v) is 1.74. The van der Waals surface area contributed by atoms with E-state index in [0.29, 0.717) is 3.57 Å². The van der Waals surface area contributed by atoms with Crippen LogP contribution in [0.1, 0.15) is 0 Å². The van der Waals surface area contributed by atoms with Gasteiger partial charge in [0.1, 0.15) is 6.54 Å². The standard InChI is InChI=1S/C6H5F2IN2O/c7-5(8)3-11-6(12)1-4(9)2-10-11/h1-2,5H,3H2. The summed E-state index contributed by atoms with van der Waals surface area (Å²) in [6.07, 6.45) is -1.18. The monoisotopic (exact) mass is 286 g/mol. The minimum Gasteiger partial charge on any atom is -0.268 e. The van der Waals surface area contributed by atoms with E-state index in [1.165, 1.54) is 12.3 Å². The average molecular weight is 286 g/mol. The molecule has 0 fully saturated rings. The highest BCUT2D eigenvalue weighted by Crippen LogP contribution is 1.98. The van der Waals surface area contributed by atoms with Gasteiger partial charge in [0.25, 0.3) is 12.0 Å². The quantitative estimate of drug-likeness (QED) is 0.763. The second-order valence-corrected chi connectivity index (χ2v) is 3.33. The second-order valence-electron chi connectivity index (χ2n) is 2.09. The first-order chi connectivity index (χ1) is 5.59. The van der Waals surface area contributed by atoms with Gasteiger partial charge in [-0.1, -0.05) is 0 Å². The summed E-state index contributed by atoms with van der Waals surface area (Å²) >= 11 is 1.89. The molecule has 0 N–H and O–H groups in total. The molecule has 0 bridgehead atoms. The van der Waals surface area contributed by atoms with Crippen LogP contribution in [-0.2, 0) is 6.54 Å². The van der Waals surface area contributed by atoms with Crippen molar-refractivity contribution in [3.63, 3.8) is 0 Å². The zero-order valence-corrected chi connectivity index (χ0v) is 8.03. The van der Waals surface area contributed by atoms with Crippen molar-refractivity contribution in [1.29, 1.82) is 0 Å². The number of rotatable bonds is 2. The van der Waals surface area contributed by atoms with Crippen molar-refractivity contribution >= 4 is 22.6 Å². The van der Waals surface area contributed by atoms with E-state index in [-0.39, 0.29) is 0 Å². The molecule has 0 aromatic carbocycles. The molecule has 0 saturated carbocycles. The van der Waals surface area contributed by atoms with Gasteiger partial charge in [-0.2, -0.15) is 5.10 Å². The molecule has 66 valence electrons. The Morgan fingerprint density at radius 2 is 2.33 bits per heavy atom. The van der Waals surface area contributed by atoms with Crippen molar-refractivity contribution in [2.45, 2.75) is 13.0 Å². The van der Waals surface area contributed by atoms with Crippen molar-refractivity contribution in [2.24, 2.45) is 0 Å². The normalized spacial score (nSPS) is 10.7. The summed E-state index contributed by atoms with van der Waals surface area (Å²) in [5, 5.41) is 3.53. The van der Waals surface area contributed by atoms with Crippen LogP contribution >= 0.6 is 22.6 Å². The first-order valence-corrected chi connectivity index (χ1v) is 4.18. The third-order valence-electron chi connectivity index (χ3n) is 1.15. The van der Waals surface area contributed by atoms with Gasteiger partial charge in [-0.15, -0.1) is 0 Å². The lowest BCUT2D eigenvalue weighted by Gasteiger charge is -2.01. The highest BCUT2D eigenvalue weighted by atomic mass is 127. The van der Waals surface area contributed by atoms with E-state index in [9.17, 15) is 13.6 Å². The first kappa shape index (κ1) is 9.56. The summed E-state index contributed by atoms with van der Waals surface area (Å²) in [4.78, 5) is 10.9. The van der Waals surface area contributed by atoms with Gasteiger partial charge in [0.2, 0.25) is 0 Å². The summed E-state index contributed by atoms with van der Waals surface area (Å²) in [6.45, 7) is -0.643. The number of aromatic nitrogens is 2. The minimum atomic E-state index is -2.55. The molecular weight excluding hydrogens is 281 g/mol. The Hall–Kier alpha value is -0.530. The molecule has 0 unspecified atom stereocenters. The van der Waals surface area contributed by atoms with Crippen LogP contribution in [0.15, 0.2) is 17.1 Å². The molecule has 0 aliphatic heterocycles. The maximum atomic E-state index is 11.8. The van der Waals surface area contributed by atoms with E-state index in [4.69, 9.17) is 0 Å². The van der Waals surface area contributed by atoms with Gasteiger partial charge in [-0.3, -0.25) is 4.79 Å². The lowest BCUT2D eigenvalue weighted by Crippen LogP contribution is -2.25. The van der Waals surface area contributed by atoms with Crippen LogP contribution in [0.4, 0.5) is 8.78 Å². The van der Waals surface area contributed by atoms with E-state index >= 15 is 0 Å². The number of alkyl halides is 2. The Labute approximate surface area is 80.5 Å². The molecule has 0 saturated heterocycles. The Balaban J connectivity index is 2.94. The average Bonchev–Trinajstić information content (AvgIpc) is 1.94. The number of nitrogens with zero attached hydrogens (tertiary/aromatic N) is 2. The highest BCUT2D eigenvalue weighted by molar-refractivity contribution is 14.1. The van der Waals surface area contributed by atoms with Crippen LogP contribution in [0.25, 0.3) is 0 Å². The van der Waals surface area contributed by atoms with Crippen molar-refractivity contribution in [1.82, 2.24) is 9.78 Å². The van der Waals surface area contributed by atoms with Crippen molar-refractivity contribution in [3.05, 3.63) is 26.2 Å². The van der Waals surface area contributed by atoms with Crippen LogP contribution in [-0.4, -0.2) is 16.2 Å². The van der Waals surface area contributed by atoms with Gasteiger partial charge in [0, 0.05) is 9.64 Å². The van der Waals surface area contributed by atoms with Crippen LogP contribution < -0.4 is 5.56 Å². The zero-order chi connectivity index (χ0) is 9.14. The summed E-state index contributed by atoms with van der Waals surface area (Å²) in [6, 6.07) is 1.26. The van der Waals surface area contributed by atoms with Crippen molar-refractivity contribution < 1.29 is 8.78 Å². The molecule has 1 heterocycles. The van der Waals surface area contributed by atoms with Crippen LogP contribution in [0.3, 0.4) is 0 Å². The smallest absolute Gasteiger partial charge is 0.267 e. The second kappa shape index (κ2) is 3.92. The predicted octanol–water partition coefficient (Wildman–Crippen LogP) is 1.11. The Bertz CT molecular complexity index is 326. The van der Waals surface area contributed by atoms with Crippen LogP contribution in [0, 0.1) is 3.57 Å². The maximum Gasteiger partial charge on any atom is 0.267 e. The first-order valence-electron chi connectivity index (χ1n) is 3.10. The molecule has 12 heavy (non-hydrogen) atoms. The number of hydrogen-bond acceptors (Lipinski definition) is 2. The number of hydrogen-bond donors (Lipinski definition) is 0. The van der Waals surface area contributed by atoms with Crippen molar-refractivity contribution in [3.8, 4) is 0 Å². The lowest BCUT2D eigenvalue weighted by molar-refractivity contribution is 0.119. The molecule has 0 amide bonds. The zero-order valence-electron chi connectivity index (χ0n) is 5.88. The SMILES string of the molecule is O=c1cc(I)cnn1CC(F)F. The molecule has 1 rings (SSSR count). The Morgan fingerprint density at radius 3 is 2.83 bits per heavy atom. The van der Waals surface area contributed by atoms with Gasteiger partial charge in [-0.05, 0) is 22.6 Å². The molecule has 0 aliphatic carbocycles. The van der Waals surface area contributed by atoms with Crippen LogP contribution in [0.2, 0.25) is 0 Å². The summed E-state index contributed by atoms with van der Waals surface area (Å²) in [7, 11) is 0. The predicted molar refractivity (Wildman–Crippen MR) is 47.2 cm³/mol. The molecule has 6 heteroatoms. The maximum absolute atomic E-state index is 11.8. The van der Waals surface area contributed by atoms with Crippen LogP contribution in [0.5, 0.6) is 0 Å². The third kappa shape index (κ3) is 2.50. The molecule has 1 aromatic heterocycles. The van der Waals surface area contributed by atoms with E-state index in [1.807, 2.05) is 22.6 Å². The molecular formula is C6H5F2IN2O. The summed E-state index contributed by atoms with van der Waals surface area (Å²) in [5.41, 5.74) is -0.498. The summed E-state index contributed by atoms with van der Waals surface area (Å²) < 4.78 is 25.0. The summed E-state index contributed by atoms with van der Waals surface area (Å²) in [5.74, 6) is 0. The fourth-order valence-electron chi connectivity index (χ4n) is 0.679.